The van der Waals surface area contributed by atoms with Crippen LogP contribution in [0.1, 0.15) is 23.5 Å². The van der Waals surface area contributed by atoms with Crippen molar-refractivity contribution >= 4 is 5.57 Å². The van der Waals surface area contributed by atoms with E-state index in [4.69, 9.17) is 0 Å². The zero-order valence-electron chi connectivity index (χ0n) is 13.4. The van der Waals surface area contributed by atoms with E-state index in [0.29, 0.717) is 0 Å². The first-order valence-electron chi connectivity index (χ1n) is 7.89. The molecule has 0 radical (unpaired) electrons. The SMILES string of the molecule is FC(F)(F)C1=C(C(F)(F)F)C(c2ccccc2)CC=C1c1ccccc1. The first kappa shape index (κ1) is 18.3. The molecule has 1 unspecified atom stereocenters. The molecule has 0 N–H and O–H groups in total. The van der Waals surface area contributed by atoms with Gasteiger partial charge in [0.05, 0.1) is 11.1 Å². The lowest BCUT2D eigenvalue weighted by Crippen LogP contribution is -2.29. The van der Waals surface area contributed by atoms with E-state index in [-0.39, 0.29) is 17.5 Å². The van der Waals surface area contributed by atoms with E-state index in [2.05, 4.69) is 0 Å². The molecule has 0 aliphatic heterocycles. The summed E-state index contributed by atoms with van der Waals surface area (Å²) in [6, 6.07) is 14.9. The third kappa shape index (κ3) is 3.54. The Hall–Kier alpha value is -2.50. The molecule has 26 heavy (non-hydrogen) atoms. The van der Waals surface area contributed by atoms with Gasteiger partial charge in [0.15, 0.2) is 0 Å². The van der Waals surface area contributed by atoms with Gasteiger partial charge >= 0.3 is 12.4 Å². The molecule has 0 aromatic heterocycles. The Bertz CT molecular complexity index is 826. The highest BCUT2D eigenvalue weighted by molar-refractivity contribution is 5.83. The van der Waals surface area contributed by atoms with Crippen molar-refractivity contribution in [3.8, 4) is 0 Å². The monoisotopic (exact) mass is 368 g/mol. The fraction of sp³-hybridized carbons (Fsp3) is 0.200. The number of halogens is 6. The molecule has 0 saturated carbocycles. The number of hydrogen-bond donors (Lipinski definition) is 0. The summed E-state index contributed by atoms with van der Waals surface area (Å²) in [5, 5.41) is 0. The molecule has 0 heterocycles. The fourth-order valence-corrected chi connectivity index (χ4v) is 3.29. The van der Waals surface area contributed by atoms with Gasteiger partial charge < -0.3 is 0 Å². The highest BCUT2D eigenvalue weighted by atomic mass is 19.4. The molecule has 1 atom stereocenters. The Balaban J connectivity index is 2.26. The Morgan fingerprint density at radius 3 is 1.73 bits per heavy atom. The molecule has 1 aliphatic carbocycles. The lowest BCUT2D eigenvalue weighted by molar-refractivity contribution is -0.115. The van der Waals surface area contributed by atoms with Crippen LogP contribution in [-0.4, -0.2) is 12.4 Å². The van der Waals surface area contributed by atoms with Crippen LogP contribution in [0, 0.1) is 0 Å². The molecule has 2 aromatic rings. The molecule has 1 aliphatic rings. The average molecular weight is 368 g/mol. The molecule has 0 saturated heterocycles. The molecule has 2 aromatic carbocycles. The van der Waals surface area contributed by atoms with Gasteiger partial charge in [-0.15, -0.1) is 0 Å². The standard InChI is InChI=1S/C20H14F6/c21-19(22,23)17-15(13-7-3-1-4-8-13)11-12-16(18(17)20(24,25)26)14-9-5-2-6-10-14/h1-11,16H,12H2. The number of benzene rings is 2. The highest BCUT2D eigenvalue weighted by Crippen LogP contribution is 2.52. The predicted octanol–water partition coefficient (Wildman–Crippen LogP) is 6.68. The van der Waals surface area contributed by atoms with E-state index in [0.717, 1.165) is 0 Å². The second-order valence-electron chi connectivity index (χ2n) is 5.97. The third-order valence-corrected chi connectivity index (χ3v) is 4.32. The fourth-order valence-electron chi connectivity index (χ4n) is 3.29. The Kier molecular flexibility index (Phi) is 4.69. The summed E-state index contributed by atoms with van der Waals surface area (Å²) in [5.41, 5.74) is -3.22. The average Bonchev–Trinajstić information content (AvgIpc) is 2.60. The number of hydrogen-bond acceptors (Lipinski definition) is 0. The zero-order valence-corrected chi connectivity index (χ0v) is 13.4. The smallest absolute Gasteiger partial charge is 0.166 e. The van der Waals surface area contributed by atoms with Gasteiger partial charge in [0.2, 0.25) is 0 Å². The van der Waals surface area contributed by atoms with Crippen molar-refractivity contribution in [3.05, 3.63) is 89.0 Å². The van der Waals surface area contributed by atoms with Gasteiger partial charge in [0, 0.05) is 5.92 Å². The van der Waals surface area contributed by atoms with Crippen LogP contribution in [0.3, 0.4) is 0 Å². The molecule has 0 bridgehead atoms. The van der Waals surface area contributed by atoms with E-state index in [9.17, 15) is 26.3 Å². The molecule has 3 rings (SSSR count). The van der Waals surface area contributed by atoms with E-state index in [1.54, 1.807) is 12.1 Å². The largest absolute Gasteiger partial charge is 0.417 e. The van der Waals surface area contributed by atoms with Crippen LogP contribution >= 0.6 is 0 Å². The summed E-state index contributed by atoms with van der Waals surface area (Å²) in [4.78, 5) is 0. The maximum atomic E-state index is 13.8. The second-order valence-corrected chi connectivity index (χ2v) is 5.97. The lowest BCUT2D eigenvalue weighted by atomic mass is 9.77. The quantitative estimate of drug-likeness (QED) is 0.519. The first-order chi connectivity index (χ1) is 12.2. The van der Waals surface area contributed by atoms with E-state index >= 15 is 0 Å². The first-order valence-corrected chi connectivity index (χ1v) is 7.89. The van der Waals surface area contributed by atoms with Crippen LogP contribution in [0.4, 0.5) is 26.3 Å². The molecular formula is C20H14F6. The summed E-state index contributed by atoms with van der Waals surface area (Å²) < 4.78 is 82.5. The van der Waals surface area contributed by atoms with Crippen molar-refractivity contribution in [1.82, 2.24) is 0 Å². The zero-order chi connectivity index (χ0) is 18.9. The van der Waals surface area contributed by atoms with E-state index < -0.39 is 35.0 Å². The van der Waals surface area contributed by atoms with E-state index in [1.807, 2.05) is 0 Å². The Morgan fingerprint density at radius 2 is 1.23 bits per heavy atom. The molecular weight excluding hydrogens is 354 g/mol. The minimum Gasteiger partial charge on any atom is -0.166 e. The second kappa shape index (κ2) is 6.67. The summed E-state index contributed by atoms with van der Waals surface area (Å²) in [6.07, 6.45) is -9.12. The summed E-state index contributed by atoms with van der Waals surface area (Å²) in [6.45, 7) is 0. The van der Waals surface area contributed by atoms with E-state index in [1.165, 1.54) is 54.6 Å². The van der Waals surface area contributed by atoms with Crippen molar-refractivity contribution < 1.29 is 26.3 Å². The normalized spacial score (nSPS) is 18.7. The molecule has 6 heteroatoms. The van der Waals surface area contributed by atoms with Crippen molar-refractivity contribution in [1.29, 1.82) is 0 Å². The third-order valence-electron chi connectivity index (χ3n) is 4.32. The maximum absolute atomic E-state index is 13.8. The topological polar surface area (TPSA) is 0 Å². The van der Waals surface area contributed by atoms with Gasteiger partial charge in [-0.3, -0.25) is 0 Å². The maximum Gasteiger partial charge on any atom is 0.417 e. The summed E-state index contributed by atoms with van der Waals surface area (Å²) >= 11 is 0. The lowest BCUT2D eigenvalue weighted by Gasteiger charge is -2.31. The number of rotatable bonds is 2. The van der Waals surface area contributed by atoms with Gasteiger partial charge in [-0.25, -0.2) is 0 Å². The molecule has 0 fully saturated rings. The van der Waals surface area contributed by atoms with Crippen LogP contribution in [0.5, 0.6) is 0 Å². The van der Waals surface area contributed by atoms with Gasteiger partial charge in [-0.1, -0.05) is 66.7 Å². The molecule has 0 spiro atoms. The minimum atomic E-state index is -5.13. The predicted molar refractivity (Wildman–Crippen MR) is 87.4 cm³/mol. The van der Waals surface area contributed by atoms with Crippen molar-refractivity contribution in [2.45, 2.75) is 24.7 Å². The summed E-state index contributed by atoms with van der Waals surface area (Å²) in [5.74, 6) is -1.39. The Morgan fingerprint density at radius 1 is 0.692 bits per heavy atom. The van der Waals surface area contributed by atoms with Gasteiger partial charge in [-0.2, -0.15) is 26.3 Å². The van der Waals surface area contributed by atoms with Gasteiger partial charge in [0.25, 0.3) is 0 Å². The minimum absolute atomic E-state index is 0.119. The van der Waals surface area contributed by atoms with Crippen LogP contribution in [0.25, 0.3) is 5.57 Å². The number of allylic oxidation sites excluding steroid dienone is 4. The van der Waals surface area contributed by atoms with Crippen LogP contribution < -0.4 is 0 Å². The molecule has 0 nitrogen and oxygen atoms in total. The number of alkyl halides is 6. The van der Waals surface area contributed by atoms with Crippen LogP contribution in [0.2, 0.25) is 0 Å². The summed E-state index contributed by atoms with van der Waals surface area (Å²) in [7, 11) is 0. The molecule has 136 valence electrons. The van der Waals surface area contributed by atoms with Crippen molar-refractivity contribution in [2.75, 3.05) is 0 Å². The van der Waals surface area contributed by atoms with Crippen molar-refractivity contribution in [3.63, 3.8) is 0 Å². The van der Waals surface area contributed by atoms with Crippen LogP contribution in [0.15, 0.2) is 77.9 Å². The Labute approximate surface area is 146 Å². The molecule has 0 amide bonds. The van der Waals surface area contributed by atoms with Gasteiger partial charge in [-0.05, 0) is 23.1 Å². The van der Waals surface area contributed by atoms with Gasteiger partial charge in [0.1, 0.15) is 0 Å². The van der Waals surface area contributed by atoms with Crippen LogP contribution in [-0.2, 0) is 0 Å². The highest BCUT2D eigenvalue weighted by Gasteiger charge is 2.51. The van der Waals surface area contributed by atoms with Crippen molar-refractivity contribution in [2.24, 2.45) is 0 Å².